The van der Waals surface area contributed by atoms with Crippen molar-refractivity contribution in [3.63, 3.8) is 0 Å². The van der Waals surface area contributed by atoms with Gasteiger partial charge < -0.3 is 5.32 Å². The third kappa shape index (κ3) is 8.82. The van der Waals surface area contributed by atoms with Crippen molar-refractivity contribution in [2.45, 2.75) is 13.8 Å². The number of rotatable bonds is 2. The molecule has 0 aromatic rings. The first-order chi connectivity index (χ1) is 2.41. The van der Waals surface area contributed by atoms with Gasteiger partial charge in [0, 0.05) is 0 Å². The molecule has 0 aliphatic heterocycles. The van der Waals surface area contributed by atoms with E-state index in [0.29, 0.717) is 0 Å². The van der Waals surface area contributed by atoms with Gasteiger partial charge >= 0.3 is 18.9 Å². The van der Waals surface area contributed by atoms with E-state index in [9.17, 15) is 0 Å². The van der Waals surface area contributed by atoms with Crippen LogP contribution in [0.15, 0.2) is 0 Å². The normalized spacial score (nSPS) is 7.00. The van der Waals surface area contributed by atoms with Crippen molar-refractivity contribution in [1.29, 1.82) is 0 Å². The summed E-state index contributed by atoms with van der Waals surface area (Å²) in [6.07, 6.45) is 0. The van der Waals surface area contributed by atoms with Gasteiger partial charge in [0.1, 0.15) is 0 Å². The monoisotopic (exact) mass is 81.1 g/mol. The molecular formula is C4H12LiN. The van der Waals surface area contributed by atoms with Gasteiger partial charge in [-0.25, -0.2) is 0 Å². The molecule has 0 aliphatic rings. The Bertz CT molecular complexity index is 15.0. The maximum atomic E-state index is 3.11. The van der Waals surface area contributed by atoms with Crippen molar-refractivity contribution in [3.8, 4) is 0 Å². The predicted molar refractivity (Wildman–Crippen MR) is 31.4 cm³/mol. The van der Waals surface area contributed by atoms with Gasteiger partial charge in [-0.1, -0.05) is 13.8 Å². The third-order valence-electron chi connectivity index (χ3n) is 0.500. The number of nitrogens with one attached hydrogen (secondary N) is 1. The van der Waals surface area contributed by atoms with Gasteiger partial charge in [-0.2, -0.15) is 0 Å². The van der Waals surface area contributed by atoms with Crippen molar-refractivity contribution in [3.05, 3.63) is 0 Å². The summed E-state index contributed by atoms with van der Waals surface area (Å²) in [7, 11) is 0. The zero-order chi connectivity index (χ0) is 4.12. The molecule has 0 atom stereocenters. The van der Waals surface area contributed by atoms with E-state index in [4.69, 9.17) is 0 Å². The van der Waals surface area contributed by atoms with Gasteiger partial charge in [-0.15, -0.1) is 0 Å². The molecule has 0 saturated heterocycles. The molecule has 34 valence electrons. The van der Waals surface area contributed by atoms with Crippen molar-refractivity contribution in [2.24, 2.45) is 0 Å². The SMILES string of the molecule is CCNCC.[LiH]. The molecule has 0 saturated carbocycles. The molecule has 0 radical (unpaired) electrons. The van der Waals surface area contributed by atoms with E-state index in [1.807, 2.05) is 0 Å². The molecule has 0 amide bonds. The van der Waals surface area contributed by atoms with Gasteiger partial charge in [0.15, 0.2) is 0 Å². The molecule has 0 rings (SSSR count). The summed E-state index contributed by atoms with van der Waals surface area (Å²) in [5, 5.41) is 3.11. The van der Waals surface area contributed by atoms with Crippen LogP contribution >= 0.6 is 0 Å². The van der Waals surface area contributed by atoms with E-state index < -0.39 is 0 Å². The second-order valence-electron chi connectivity index (χ2n) is 0.957. The Morgan fingerprint density at radius 2 is 1.50 bits per heavy atom. The van der Waals surface area contributed by atoms with Crippen molar-refractivity contribution in [2.75, 3.05) is 13.1 Å². The van der Waals surface area contributed by atoms with Crippen LogP contribution in [0.25, 0.3) is 0 Å². The Hall–Kier alpha value is 0.557. The topological polar surface area (TPSA) is 12.0 Å². The molecule has 1 nitrogen and oxygen atoms in total. The maximum absolute atomic E-state index is 3.11. The minimum absolute atomic E-state index is 0. The third-order valence-corrected chi connectivity index (χ3v) is 0.500. The molecule has 0 unspecified atom stereocenters. The van der Waals surface area contributed by atoms with Crippen LogP contribution in [0.3, 0.4) is 0 Å². The number of hydrogen-bond donors (Lipinski definition) is 1. The van der Waals surface area contributed by atoms with Crippen molar-refractivity contribution in [1.82, 2.24) is 5.32 Å². The van der Waals surface area contributed by atoms with Crippen molar-refractivity contribution < 1.29 is 0 Å². The average Bonchev–Trinajstić information content (AvgIpc) is 1.41. The quantitative estimate of drug-likeness (QED) is 0.460. The first-order valence-corrected chi connectivity index (χ1v) is 2.12. The Morgan fingerprint density at radius 1 is 1.17 bits per heavy atom. The van der Waals surface area contributed by atoms with Crippen LogP contribution < -0.4 is 5.32 Å². The molecule has 0 aliphatic carbocycles. The summed E-state index contributed by atoms with van der Waals surface area (Å²) in [5.41, 5.74) is 0. The zero-order valence-corrected chi connectivity index (χ0v) is 3.91. The fourth-order valence-corrected chi connectivity index (χ4v) is 0.250. The van der Waals surface area contributed by atoms with Gasteiger partial charge in [-0.3, -0.25) is 0 Å². The van der Waals surface area contributed by atoms with E-state index >= 15 is 0 Å². The van der Waals surface area contributed by atoms with Crippen LogP contribution in [0.2, 0.25) is 0 Å². The Kier molecular flexibility index (Phi) is 14.8. The zero-order valence-electron chi connectivity index (χ0n) is 3.91. The Morgan fingerprint density at radius 3 is 1.50 bits per heavy atom. The minimum atomic E-state index is 0. The second kappa shape index (κ2) is 9.12. The molecular weight excluding hydrogens is 69.0 g/mol. The van der Waals surface area contributed by atoms with Gasteiger partial charge in [-0.05, 0) is 13.1 Å². The number of hydrogen-bond acceptors (Lipinski definition) is 1. The fraction of sp³-hybridized carbons (Fsp3) is 1.00. The van der Waals surface area contributed by atoms with Gasteiger partial charge in [0.05, 0.1) is 0 Å². The average molecular weight is 81.1 g/mol. The predicted octanol–water partition coefficient (Wildman–Crippen LogP) is -0.0327. The first kappa shape index (κ1) is 9.75. The standard InChI is InChI=1S/C4H11N.Li.H/c1-3-5-4-2;;/h5H,3-4H2,1-2H3;;. The summed E-state index contributed by atoms with van der Waals surface area (Å²) in [4.78, 5) is 0. The molecule has 0 aromatic heterocycles. The Labute approximate surface area is 51.7 Å². The van der Waals surface area contributed by atoms with E-state index in [0.717, 1.165) is 13.1 Å². The van der Waals surface area contributed by atoms with Crippen LogP contribution in [0.4, 0.5) is 0 Å². The molecule has 0 heterocycles. The van der Waals surface area contributed by atoms with Crippen LogP contribution in [0, 0.1) is 0 Å². The van der Waals surface area contributed by atoms with Crippen molar-refractivity contribution >= 4 is 18.9 Å². The van der Waals surface area contributed by atoms with Gasteiger partial charge in [0.25, 0.3) is 0 Å². The Balaban J connectivity index is 0. The molecule has 0 spiro atoms. The molecule has 1 N–H and O–H groups in total. The summed E-state index contributed by atoms with van der Waals surface area (Å²) in [5.74, 6) is 0. The first-order valence-electron chi connectivity index (χ1n) is 2.12. The summed E-state index contributed by atoms with van der Waals surface area (Å²) in [6.45, 7) is 6.39. The second-order valence-corrected chi connectivity index (χ2v) is 0.957. The van der Waals surface area contributed by atoms with Crippen LogP contribution in [0.1, 0.15) is 13.8 Å². The fourth-order valence-electron chi connectivity index (χ4n) is 0.250. The van der Waals surface area contributed by atoms with E-state index in [2.05, 4.69) is 19.2 Å². The summed E-state index contributed by atoms with van der Waals surface area (Å²) >= 11 is 0. The van der Waals surface area contributed by atoms with E-state index in [1.165, 1.54) is 0 Å². The summed E-state index contributed by atoms with van der Waals surface area (Å²) in [6, 6.07) is 0. The van der Waals surface area contributed by atoms with E-state index in [-0.39, 0.29) is 18.9 Å². The molecule has 2 heteroatoms. The summed E-state index contributed by atoms with van der Waals surface area (Å²) < 4.78 is 0. The molecule has 6 heavy (non-hydrogen) atoms. The molecule has 0 bridgehead atoms. The molecule has 0 aromatic carbocycles. The van der Waals surface area contributed by atoms with Gasteiger partial charge in [0.2, 0.25) is 0 Å². The van der Waals surface area contributed by atoms with Crippen LogP contribution in [0.5, 0.6) is 0 Å². The van der Waals surface area contributed by atoms with E-state index in [1.54, 1.807) is 0 Å². The molecule has 0 fully saturated rings. The van der Waals surface area contributed by atoms with Crippen LogP contribution in [-0.2, 0) is 0 Å². The van der Waals surface area contributed by atoms with Crippen LogP contribution in [-0.4, -0.2) is 32.0 Å².